The molecule has 1 aromatic heterocycles. The summed E-state index contributed by atoms with van der Waals surface area (Å²) in [6.07, 6.45) is 0. The molecule has 0 atom stereocenters. The molecule has 0 aliphatic carbocycles. The summed E-state index contributed by atoms with van der Waals surface area (Å²) in [7, 11) is 0. The lowest BCUT2D eigenvalue weighted by Gasteiger charge is -2.08. The molecular formula is C22H13BrS. The van der Waals surface area contributed by atoms with Gasteiger partial charge in [-0.3, -0.25) is 0 Å². The highest BCUT2D eigenvalue weighted by atomic mass is 79.9. The lowest BCUT2D eigenvalue weighted by atomic mass is 9.97. The molecule has 5 aromatic rings. The molecule has 1 heterocycles. The lowest BCUT2D eigenvalue weighted by Crippen LogP contribution is -1.81. The van der Waals surface area contributed by atoms with Gasteiger partial charge in [0.15, 0.2) is 0 Å². The maximum atomic E-state index is 3.59. The van der Waals surface area contributed by atoms with Crippen molar-refractivity contribution in [3.63, 3.8) is 0 Å². The summed E-state index contributed by atoms with van der Waals surface area (Å²) >= 11 is 5.46. The highest BCUT2D eigenvalue weighted by Gasteiger charge is 2.09. The summed E-state index contributed by atoms with van der Waals surface area (Å²) in [6.45, 7) is 0. The van der Waals surface area contributed by atoms with E-state index in [2.05, 4.69) is 94.8 Å². The van der Waals surface area contributed by atoms with Crippen LogP contribution in [0, 0.1) is 0 Å². The topological polar surface area (TPSA) is 0 Å². The Hall–Kier alpha value is -2.16. The molecule has 0 radical (unpaired) electrons. The van der Waals surface area contributed by atoms with Gasteiger partial charge in [0.1, 0.15) is 0 Å². The van der Waals surface area contributed by atoms with Crippen molar-refractivity contribution in [1.29, 1.82) is 0 Å². The van der Waals surface area contributed by atoms with Crippen LogP contribution in [0.2, 0.25) is 0 Å². The summed E-state index contributed by atoms with van der Waals surface area (Å²) < 4.78 is 3.82. The summed E-state index contributed by atoms with van der Waals surface area (Å²) in [5.41, 5.74) is 2.53. The Morgan fingerprint density at radius 3 is 2.42 bits per heavy atom. The fourth-order valence-electron chi connectivity index (χ4n) is 3.40. The molecule has 0 bridgehead atoms. The molecular weight excluding hydrogens is 376 g/mol. The molecule has 0 saturated carbocycles. The predicted molar refractivity (Wildman–Crippen MR) is 110 cm³/mol. The van der Waals surface area contributed by atoms with Crippen LogP contribution in [0.5, 0.6) is 0 Å². The fraction of sp³-hybridized carbons (Fsp3) is 0. The van der Waals surface area contributed by atoms with Gasteiger partial charge in [0, 0.05) is 24.6 Å². The molecule has 24 heavy (non-hydrogen) atoms. The first-order valence-corrected chi connectivity index (χ1v) is 9.50. The van der Waals surface area contributed by atoms with E-state index in [0.717, 1.165) is 4.47 Å². The van der Waals surface area contributed by atoms with Gasteiger partial charge in [-0.25, -0.2) is 0 Å². The van der Waals surface area contributed by atoms with Gasteiger partial charge < -0.3 is 0 Å². The summed E-state index contributed by atoms with van der Waals surface area (Å²) in [5.74, 6) is 0. The molecule has 4 aromatic carbocycles. The van der Waals surface area contributed by atoms with Crippen LogP contribution in [0.4, 0.5) is 0 Å². The van der Waals surface area contributed by atoms with Gasteiger partial charge in [-0.2, -0.15) is 0 Å². The Balaban J connectivity index is 1.88. The number of halogens is 1. The van der Waals surface area contributed by atoms with E-state index in [1.807, 2.05) is 11.3 Å². The van der Waals surface area contributed by atoms with Crippen molar-refractivity contribution < 1.29 is 0 Å². The summed E-state index contributed by atoms with van der Waals surface area (Å²) in [4.78, 5) is 0. The zero-order chi connectivity index (χ0) is 16.1. The van der Waals surface area contributed by atoms with Crippen molar-refractivity contribution in [2.24, 2.45) is 0 Å². The third-order valence-corrected chi connectivity index (χ3v) is 6.14. The zero-order valence-electron chi connectivity index (χ0n) is 12.8. The number of hydrogen-bond acceptors (Lipinski definition) is 1. The second-order valence-electron chi connectivity index (χ2n) is 5.98. The second-order valence-corrected chi connectivity index (χ2v) is 7.98. The quantitative estimate of drug-likeness (QED) is 0.276. The van der Waals surface area contributed by atoms with Crippen molar-refractivity contribution in [3.05, 3.63) is 83.3 Å². The Morgan fingerprint density at radius 1 is 0.625 bits per heavy atom. The van der Waals surface area contributed by atoms with E-state index in [1.54, 1.807) is 0 Å². The van der Waals surface area contributed by atoms with Crippen molar-refractivity contribution >= 4 is 58.2 Å². The van der Waals surface area contributed by atoms with E-state index in [4.69, 9.17) is 0 Å². The number of rotatable bonds is 1. The van der Waals surface area contributed by atoms with Crippen molar-refractivity contribution in [2.45, 2.75) is 0 Å². The average Bonchev–Trinajstić information content (AvgIpc) is 2.97. The van der Waals surface area contributed by atoms with E-state index >= 15 is 0 Å². The lowest BCUT2D eigenvalue weighted by molar-refractivity contribution is 1.62. The molecule has 5 rings (SSSR count). The minimum Gasteiger partial charge on any atom is -0.135 e. The van der Waals surface area contributed by atoms with Crippen LogP contribution < -0.4 is 0 Å². The normalized spacial score (nSPS) is 11.5. The monoisotopic (exact) mass is 388 g/mol. The van der Waals surface area contributed by atoms with Gasteiger partial charge in [-0.15, -0.1) is 11.3 Å². The van der Waals surface area contributed by atoms with Gasteiger partial charge in [-0.1, -0.05) is 64.5 Å². The standard InChI is InChI=1S/C22H13BrS/c23-16-7-3-5-14(11-16)17-9-4-6-15-12-20-18-8-1-2-10-21(18)24-22(20)13-19(15)17/h1-13H. The number of hydrogen-bond donors (Lipinski definition) is 0. The number of thiophene rings is 1. The maximum Gasteiger partial charge on any atom is 0.0362 e. The van der Waals surface area contributed by atoms with Crippen LogP contribution >= 0.6 is 27.3 Å². The first-order chi connectivity index (χ1) is 11.8. The highest BCUT2D eigenvalue weighted by Crippen LogP contribution is 2.39. The summed E-state index contributed by atoms with van der Waals surface area (Å²) in [5, 5.41) is 5.32. The third kappa shape index (κ3) is 2.18. The molecule has 0 unspecified atom stereocenters. The molecule has 0 saturated heterocycles. The van der Waals surface area contributed by atoms with Crippen molar-refractivity contribution in [1.82, 2.24) is 0 Å². The minimum absolute atomic E-state index is 1.11. The Morgan fingerprint density at radius 2 is 1.50 bits per heavy atom. The van der Waals surface area contributed by atoms with Crippen LogP contribution in [0.1, 0.15) is 0 Å². The molecule has 0 aliphatic rings. The first kappa shape index (κ1) is 14.2. The maximum absolute atomic E-state index is 3.59. The third-order valence-electron chi connectivity index (χ3n) is 4.51. The predicted octanol–water partition coefficient (Wildman–Crippen LogP) is 7.64. The fourth-order valence-corrected chi connectivity index (χ4v) is 4.93. The van der Waals surface area contributed by atoms with E-state index in [9.17, 15) is 0 Å². The van der Waals surface area contributed by atoms with Crippen LogP contribution in [-0.4, -0.2) is 0 Å². The van der Waals surface area contributed by atoms with E-state index < -0.39 is 0 Å². The molecule has 0 spiro atoms. The van der Waals surface area contributed by atoms with E-state index in [1.165, 1.54) is 42.1 Å². The molecule has 0 nitrogen and oxygen atoms in total. The Kier molecular flexibility index (Phi) is 3.22. The highest BCUT2D eigenvalue weighted by molar-refractivity contribution is 9.10. The zero-order valence-corrected chi connectivity index (χ0v) is 15.2. The van der Waals surface area contributed by atoms with Crippen LogP contribution in [0.25, 0.3) is 42.1 Å². The Bertz CT molecular complexity index is 1220. The van der Waals surface area contributed by atoms with Gasteiger partial charge in [0.25, 0.3) is 0 Å². The molecule has 0 N–H and O–H groups in total. The van der Waals surface area contributed by atoms with Gasteiger partial charge in [0.2, 0.25) is 0 Å². The molecule has 2 heteroatoms. The molecule has 114 valence electrons. The van der Waals surface area contributed by atoms with Crippen LogP contribution in [-0.2, 0) is 0 Å². The first-order valence-electron chi connectivity index (χ1n) is 7.89. The number of fused-ring (bicyclic) bond motifs is 4. The second kappa shape index (κ2) is 5.44. The van der Waals surface area contributed by atoms with Crippen LogP contribution in [0.3, 0.4) is 0 Å². The van der Waals surface area contributed by atoms with Gasteiger partial charge >= 0.3 is 0 Å². The smallest absolute Gasteiger partial charge is 0.0362 e. The number of benzene rings is 4. The summed E-state index contributed by atoms with van der Waals surface area (Å²) in [6, 6.07) is 28.5. The molecule has 0 aliphatic heterocycles. The molecule has 0 amide bonds. The van der Waals surface area contributed by atoms with Crippen molar-refractivity contribution in [2.75, 3.05) is 0 Å². The largest absolute Gasteiger partial charge is 0.135 e. The Labute approximate surface area is 152 Å². The van der Waals surface area contributed by atoms with Gasteiger partial charge in [0.05, 0.1) is 0 Å². The van der Waals surface area contributed by atoms with E-state index in [-0.39, 0.29) is 0 Å². The average molecular weight is 389 g/mol. The van der Waals surface area contributed by atoms with E-state index in [0.29, 0.717) is 0 Å². The SMILES string of the molecule is Brc1cccc(-c2cccc3cc4c(cc23)sc2ccccc24)c1. The molecule has 0 fully saturated rings. The van der Waals surface area contributed by atoms with Crippen LogP contribution in [0.15, 0.2) is 83.3 Å². The van der Waals surface area contributed by atoms with Crippen molar-refractivity contribution in [3.8, 4) is 11.1 Å². The van der Waals surface area contributed by atoms with Gasteiger partial charge in [-0.05, 0) is 52.2 Å². The minimum atomic E-state index is 1.11.